The van der Waals surface area contributed by atoms with Crippen LogP contribution in [0, 0.1) is 10.1 Å². The van der Waals surface area contributed by atoms with Gasteiger partial charge in [0.1, 0.15) is 33.9 Å². The number of ether oxygens (including phenoxy) is 2. The summed E-state index contributed by atoms with van der Waals surface area (Å²) in [6, 6.07) is 28.2. The molecule has 4 aromatic heterocycles. The number of nitrogen functional groups attached to an aromatic ring is 1. The lowest BCUT2D eigenvalue weighted by molar-refractivity contribution is -0.384. The van der Waals surface area contributed by atoms with Crippen molar-refractivity contribution in [3.8, 4) is 34.0 Å². The minimum Gasteiger partial charge on any atom is -0.508 e. The zero-order chi connectivity index (χ0) is 42.6. The Hall–Kier alpha value is -7.70. The monoisotopic (exact) mass is 834 g/mol. The Morgan fingerprint density at radius 1 is 0.613 bits per heavy atom. The predicted molar refractivity (Wildman–Crippen MR) is 233 cm³/mol. The van der Waals surface area contributed by atoms with Gasteiger partial charge in [-0.05, 0) is 47.5 Å². The maximum Gasteiger partial charge on any atom is 0.269 e. The highest BCUT2D eigenvalue weighted by atomic mass is 16.6. The summed E-state index contributed by atoms with van der Waals surface area (Å²) in [4.78, 5) is 43.1. The van der Waals surface area contributed by atoms with Crippen molar-refractivity contribution in [1.82, 2.24) is 39.0 Å². The standard InChI is InChI=1S/C22H20N6O4.C22H22N6O2/c29-18-3-1-2-16(12-18)19-20-21(25-22(24-19)26-8-10-32-11-9-26)27(14-23-20)13-15-4-6-17(7-5-15)28(30)31;23-17-6-4-15(5-7-17)13-28-14-24-20-19(16-2-1-3-18(29)12-16)25-22(26-21(20)28)27-8-10-30-11-9-27/h1-7,12,14,29H,8-11,13H2;1-7,12,14,29H,8-11,13,23H2. The van der Waals surface area contributed by atoms with E-state index in [1.807, 2.05) is 45.5 Å². The van der Waals surface area contributed by atoms with Gasteiger partial charge in [0.2, 0.25) is 11.9 Å². The van der Waals surface area contributed by atoms with E-state index in [2.05, 4.69) is 19.8 Å². The highest BCUT2D eigenvalue weighted by Gasteiger charge is 2.22. The molecule has 0 unspecified atom stereocenters. The van der Waals surface area contributed by atoms with E-state index in [4.69, 9.17) is 35.1 Å². The number of hydrogen-bond donors (Lipinski definition) is 3. The third-order valence-electron chi connectivity index (χ3n) is 10.6. The van der Waals surface area contributed by atoms with Crippen LogP contribution >= 0.6 is 0 Å². The molecular weight excluding hydrogens is 793 g/mol. The molecule has 0 bridgehead atoms. The molecule has 62 heavy (non-hydrogen) atoms. The number of nitro groups is 1. The van der Waals surface area contributed by atoms with Crippen molar-refractivity contribution < 1.29 is 24.6 Å². The molecule has 0 spiro atoms. The number of fused-ring (bicyclic) bond motifs is 2. The normalized spacial score (nSPS) is 14.2. The topological polar surface area (TPSA) is 222 Å². The van der Waals surface area contributed by atoms with Crippen molar-refractivity contribution in [3.05, 3.63) is 131 Å². The third-order valence-corrected chi connectivity index (χ3v) is 10.6. The molecule has 0 saturated carbocycles. The summed E-state index contributed by atoms with van der Waals surface area (Å²) in [5.74, 6) is 1.55. The quantitative estimate of drug-likeness (QED) is 0.0907. The number of non-ortho nitro benzene ring substituents is 1. The van der Waals surface area contributed by atoms with E-state index < -0.39 is 4.92 Å². The van der Waals surface area contributed by atoms with E-state index in [9.17, 15) is 20.3 Å². The van der Waals surface area contributed by atoms with Gasteiger partial charge in [-0.1, -0.05) is 48.5 Å². The molecule has 2 aliphatic rings. The largest absolute Gasteiger partial charge is 0.508 e. The second-order valence-electron chi connectivity index (χ2n) is 14.8. The molecule has 0 amide bonds. The molecular formula is C44H42N12O6. The Labute approximate surface area is 354 Å². The summed E-state index contributed by atoms with van der Waals surface area (Å²) in [7, 11) is 0. The number of aromatic hydroxyl groups is 2. The lowest BCUT2D eigenvalue weighted by Crippen LogP contribution is -2.37. The van der Waals surface area contributed by atoms with Crippen LogP contribution in [-0.4, -0.2) is 107 Å². The van der Waals surface area contributed by atoms with E-state index in [0.29, 0.717) is 92.6 Å². The first-order valence-electron chi connectivity index (χ1n) is 20.0. The molecule has 4 aromatic carbocycles. The van der Waals surface area contributed by atoms with Crippen molar-refractivity contribution in [2.24, 2.45) is 0 Å². The summed E-state index contributed by atoms with van der Waals surface area (Å²) < 4.78 is 14.8. The Morgan fingerprint density at radius 2 is 1.05 bits per heavy atom. The van der Waals surface area contributed by atoms with Gasteiger partial charge in [-0.25, -0.2) is 19.9 Å². The van der Waals surface area contributed by atoms with Crippen LogP contribution in [0.5, 0.6) is 11.5 Å². The zero-order valence-corrected chi connectivity index (χ0v) is 33.5. The molecule has 0 radical (unpaired) electrons. The Bertz CT molecular complexity index is 2850. The molecule has 10 rings (SSSR count). The average Bonchev–Trinajstić information content (AvgIpc) is 3.91. The molecule has 2 fully saturated rings. The van der Waals surface area contributed by atoms with Crippen molar-refractivity contribution in [1.29, 1.82) is 0 Å². The van der Waals surface area contributed by atoms with Gasteiger partial charge in [-0.3, -0.25) is 10.1 Å². The molecule has 8 aromatic rings. The van der Waals surface area contributed by atoms with Crippen molar-refractivity contribution >= 4 is 45.6 Å². The van der Waals surface area contributed by atoms with Crippen molar-refractivity contribution in [2.75, 3.05) is 68.1 Å². The summed E-state index contributed by atoms with van der Waals surface area (Å²) in [6.07, 6.45) is 3.47. The first kappa shape index (κ1) is 39.7. The molecule has 314 valence electrons. The molecule has 2 saturated heterocycles. The zero-order valence-electron chi connectivity index (χ0n) is 33.5. The summed E-state index contributed by atoms with van der Waals surface area (Å²) in [6.45, 7) is 6.40. The Kier molecular flexibility index (Phi) is 11.2. The Morgan fingerprint density at radius 3 is 1.47 bits per heavy atom. The van der Waals surface area contributed by atoms with Crippen molar-refractivity contribution in [2.45, 2.75) is 13.1 Å². The fraction of sp³-hybridized carbons (Fsp3) is 0.227. The molecule has 18 nitrogen and oxygen atoms in total. The van der Waals surface area contributed by atoms with Crippen LogP contribution in [-0.2, 0) is 22.6 Å². The number of hydrogen-bond acceptors (Lipinski definition) is 15. The fourth-order valence-corrected chi connectivity index (χ4v) is 7.35. The maximum absolute atomic E-state index is 10.9. The second-order valence-corrected chi connectivity index (χ2v) is 14.8. The molecule has 0 aliphatic carbocycles. The highest BCUT2D eigenvalue weighted by Crippen LogP contribution is 2.32. The average molecular weight is 835 g/mol. The van der Waals surface area contributed by atoms with Crippen LogP contribution in [0.1, 0.15) is 11.1 Å². The lowest BCUT2D eigenvalue weighted by Gasteiger charge is -2.27. The van der Waals surface area contributed by atoms with Gasteiger partial charge >= 0.3 is 0 Å². The molecule has 18 heteroatoms. The number of phenols is 2. The molecule has 4 N–H and O–H groups in total. The maximum atomic E-state index is 10.9. The van der Waals surface area contributed by atoms with Gasteiger partial charge < -0.3 is 44.4 Å². The molecule has 0 atom stereocenters. The van der Waals surface area contributed by atoms with Crippen LogP contribution in [0.4, 0.5) is 23.3 Å². The smallest absolute Gasteiger partial charge is 0.269 e. The van der Waals surface area contributed by atoms with Crippen LogP contribution in [0.3, 0.4) is 0 Å². The second kappa shape index (κ2) is 17.5. The number of anilines is 3. The SMILES string of the molecule is Nc1ccc(Cn2cnc3c(-c4cccc(O)c4)nc(N4CCOCC4)nc32)cc1.O=[N+]([O-])c1ccc(Cn2cnc3c(-c4cccc(O)c4)nc(N4CCOCC4)nc32)cc1. The van der Waals surface area contributed by atoms with Gasteiger partial charge in [-0.15, -0.1) is 0 Å². The molecule has 2 aliphatic heterocycles. The number of aromatic nitrogens is 8. The number of phenolic OH excluding ortho intramolecular Hbond substituents is 2. The van der Waals surface area contributed by atoms with Crippen LogP contribution in [0.2, 0.25) is 0 Å². The summed E-state index contributed by atoms with van der Waals surface area (Å²) >= 11 is 0. The van der Waals surface area contributed by atoms with Gasteiger partial charge in [0, 0.05) is 55.1 Å². The van der Waals surface area contributed by atoms with E-state index >= 15 is 0 Å². The first-order chi connectivity index (χ1) is 30.3. The summed E-state index contributed by atoms with van der Waals surface area (Å²) in [5, 5.41) is 30.9. The van der Waals surface area contributed by atoms with E-state index in [1.165, 1.54) is 12.1 Å². The Balaban J connectivity index is 0.000000158. The number of rotatable bonds is 9. The highest BCUT2D eigenvalue weighted by molar-refractivity contribution is 5.90. The minimum absolute atomic E-state index is 0.0485. The van der Waals surface area contributed by atoms with Crippen LogP contribution in [0.15, 0.2) is 110 Å². The number of nitrogens with two attached hydrogens (primary N) is 1. The summed E-state index contributed by atoms with van der Waals surface area (Å²) in [5.41, 5.74) is 14.2. The number of morpholine rings is 2. The third kappa shape index (κ3) is 8.63. The van der Waals surface area contributed by atoms with Gasteiger partial charge in [0.25, 0.3) is 5.69 Å². The molecule has 6 heterocycles. The van der Waals surface area contributed by atoms with Crippen molar-refractivity contribution in [3.63, 3.8) is 0 Å². The fourth-order valence-electron chi connectivity index (χ4n) is 7.35. The lowest BCUT2D eigenvalue weighted by atomic mass is 10.1. The van der Waals surface area contributed by atoms with E-state index in [-0.39, 0.29) is 17.2 Å². The number of nitro benzene ring substituents is 1. The number of imidazole rings is 2. The number of benzene rings is 4. The number of nitrogens with zero attached hydrogens (tertiary/aromatic N) is 11. The van der Waals surface area contributed by atoms with Gasteiger partial charge in [0.15, 0.2) is 11.3 Å². The van der Waals surface area contributed by atoms with Crippen LogP contribution < -0.4 is 15.5 Å². The predicted octanol–water partition coefficient (Wildman–Crippen LogP) is 5.66. The van der Waals surface area contributed by atoms with Crippen LogP contribution in [0.25, 0.3) is 44.8 Å². The first-order valence-corrected chi connectivity index (χ1v) is 20.0. The van der Waals surface area contributed by atoms with E-state index in [1.54, 1.807) is 61.2 Å². The van der Waals surface area contributed by atoms with Gasteiger partial charge in [-0.2, -0.15) is 9.97 Å². The van der Waals surface area contributed by atoms with E-state index in [0.717, 1.165) is 46.7 Å². The minimum atomic E-state index is -0.417. The van der Waals surface area contributed by atoms with Gasteiger partial charge in [0.05, 0.1) is 57.1 Å².